The summed E-state index contributed by atoms with van der Waals surface area (Å²) in [7, 11) is 0. The maximum absolute atomic E-state index is 12.6. The molecule has 2 heterocycles. The van der Waals surface area contributed by atoms with Crippen molar-refractivity contribution >= 4 is 43.8 Å². The number of halogens is 1. The van der Waals surface area contributed by atoms with Crippen molar-refractivity contribution in [3.05, 3.63) is 76.5 Å². The second-order valence-corrected chi connectivity index (χ2v) is 9.24. The van der Waals surface area contributed by atoms with Gasteiger partial charge in [-0.2, -0.15) is 0 Å². The molecular formula is C24H24BrN3O2. The number of carbonyl (C=O) groups is 1. The minimum atomic E-state index is -0.575. The first kappa shape index (κ1) is 20.4. The molecule has 0 saturated heterocycles. The predicted molar refractivity (Wildman–Crippen MR) is 124 cm³/mol. The van der Waals surface area contributed by atoms with Crippen molar-refractivity contribution in [1.82, 2.24) is 15.3 Å². The zero-order chi connectivity index (χ0) is 21.3. The van der Waals surface area contributed by atoms with Crippen LogP contribution < -0.4 is 5.32 Å². The molecule has 2 N–H and O–H groups in total. The standard InChI is InChI=1S/C24H24BrN3O2/c1-24(2,3)30-23(29)28-20(13-15-7-5-4-6-8-15)22-21-17(11-12-26-22)18-14-16(25)9-10-19(18)27-21/h4-12,14,20,27H,13H2,1-3H3,(H,28,29)/t20-/m1/s1. The smallest absolute Gasteiger partial charge is 0.408 e. The van der Waals surface area contributed by atoms with Gasteiger partial charge in [0.05, 0.1) is 17.3 Å². The molecule has 0 saturated carbocycles. The summed E-state index contributed by atoms with van der Waals surface area (Å²) in [5.41, 5.74) is 3.26. The van der Waals surface area contributed by atoms with Gasteiger partial charge in [0.25, 0.3) is 0 Å². The highest BCUT2D eigenvalue weighted by Crippen LogP contribution is 2.32. The van der Waals surface area contributed by atoms with Crippen LogP contribution in [-0.2, 0) is 11.2 Å². The van der Waals surface area contributed by atoms with Crippen molar-refractivity contribution in [1.29, 1.82) is 0 Å². The van der Waals surface area contributed by atoms with Crippen molar-refractivity contribution in [2.45, 2.75) is 38.8 Å². The Kier molecular flexibility index (Phi) is 5.52. The number of nitrogens with zero attached hydrogens (tertiary/aromatic N) is 1. The summed E-state index contributed by atoms with van der Waals surface area (Å²) in [6, 6.07) is 17.8. The summed E-state index contributed by atoms with van der Waals surface area (Å²) in [4.78, 5) is 20.8. The Morgan fingerprint density at radius 2 is 1.90 bits per heavy atom. The van der Waals surface area contributed by atoms with E-state index in [4.69, 9.17) is 4.74 Å². The first-order valence-corrected chi connectivity index (χ1v) is 10.7. The molecule has 1 atom stereocenters. The summed E-state index contributed by atoms with van der Waals surface area (Å²) < 4.78 is 6.54. The minimum Gasteiger partial charge on any atom is -0.444 e. The molecule has 0 aliphatic rings. The second-order valence-electron chi connectivity index (χ2n) is 8.32. The summed E-state index contributed by atoms with van der Waals surface area (Å²) in [5, 5.41) is 5.21. The van der Waals surface area contributed by atoms with Gasteiger partial charge in [0.2, 0.25) is 0 Å². The molecule has 0 spiro atoms. The van der Waals surface area contributed by atoms with E-state index in [1.807, 2.05) is 69.3 Å². The number of ether oxygens (including phenoxy) is 1. The largest absolute Gasteiger partial charge is 0.444 e. The maximum atomic E-state index is 12.6. The summed E-state index contributed by atoms with van der Waals surface area (Å²) in [6.45, 7) is 5.56. The number of aromatic nitrogens is 2. The molecule has 0 aliphatic heterocycles. The fourth-order valence-corrected chi connectivity index (χ4v) is 3.96. The average Bonchev–Trinajstić information content (AvgIpc) is 3.05. The minimum absolute atomic E-state index is 0.345. The van der Waals surface area contributed by atoms with Crippen LogP contribution in [0, 0.1) is 0 Å². The maximum Gasteiger partial charge on any atom is 0.408 e. The van der Waals surface area contributed by atoms with Gasteiger partial charge in [-0.3, -0.25) is 4.98 Å². The van der Waals surface area contributed by atoms with Crippen LogP contribution in [-0.4, -0.2) is 21.7 Å². The first-order chi connectivity index (χ1) is 14.3. The first-order valence-electron chi connectivity index (χ1n) is 9.89. The topological polar surface area (TPSA) is 67.0 Å². The van der Waals surface area contributed by atoms with Crippen molar-refractivity contribution in [3.63, 3.8) is 0 Å². The summed E-state index contributed by atoms with van der Waals surface area (Å²) >= 11 is 3.55. The molecule has 2 aromatic carbocycles. The number of benzene rings is 2. The van der Waals surface area contributed by atoms with Gasteiger partial charge in [0, 0.05) is 27.0 Å². The van der Waals surface area contributed by atoms with E-state index < -0.39 is 11.7 Å². The molecule has 0 bridgehead atoms. The Labute approximate surface area is 184 Å². The number of hydrogen-bond acceptors (Lipinski definition) is 3. The van der Waals surface area contributed by atoms with Crippen LogP contribution in [0.15, 0.2) is 65.3 Å². The Morgan fingerprint density at radius 3 is 2.63 bits per heavy atom. The van der Waals surface area contributed by atoms with Gasteiger partial charge < -0.3 is 15.0 Å². The zero-order valence-electron chi connectivity index (χ0n) is 17.2. The van der Waals surface area contributed by atoms with E-state index in [1.165, 1.54) is 0 Å². The quantitative estimate of drug-likeness (QED) is 0.372. The van der Waals surface area contributed by atoms with E-state index in [9.17, 15) is 4.79 Å². The Balaban J connectivity index is 1.78. The number of pyridine rings is 1. The van der Waals surface area contributed by atoms with Crippen LogP contribution in [0.1, 0.15) is 38.1 Å². The number of fused-ring (bicyclic) bond motifs is 3. The Hall–Kier alpha value is -2.86. The predicted octanol–water partition coefficient (Wildman–Crippen LogP) is 6.29. The highest BCUT2D eigenvalue weighted by atomic mass is 79.9. The highest BCUT2D eigenvalue weighted by molar-refractivity contribution is 9.10. The van der Waals surface area contributed by atoms with Crippen LogP contribution in [0.4, 0.5) is 4.79 Å². The van der Waals surface area contributed by atoms with E-state index in [0.717, 1.165) is 37.5 Å². The molecule has 5 nitrogen and oxygen atoms in total. The lowest BCUT2D eigenvalue weighted by molar-refractivity contribution is 0.0502. The monoisotopic (exact) mass is 465 g/mol. The molecule has 2 aromatic heterocycles. The van der Waals surface area contributed by atoms with Crippen molar-refractivity contribution in [3.8, 4) is 0 Å². The van der Waals surface area contributed by atoms with Gasteiger partial charge in [-0.25, -0.2) is 4.79 Å². The van der Waals surface area contributed by atoms with E-state index >= 15 is 0 Å². The highest BCUT2D eigenvalue weighted by Gasteiger charge is 2.24. The second kappa shape index (κ2) is 8.11. The van der Waals surface area contributed by atoms with Gasteiger partial charge in [0.1, 0.15) is 5.60 Å². The van der Waals surface area contributed by atoms with Crippen LogP contribution in [0.25, 0.3) is 21.8 Å². The molecular weight excluding hydrogens is 442 g/mol. The number of nitrogens with one attached hydrogen (secondary N) is 2. The summed E-state index contributed by atoms with van der Waals surface area (Å²) in [5.74, 6) is 0. The third-order valence-corrected chi connectivity index (χ3v) is 5.31. The molecule has 1 amide bonds. The lowest BCUT2D eigenvalue weighted by Crippen LogP contribution is -2.36. The molecule has 0 fully saturated rings. The SMILES string of the molecule is CC(C)(C)OC(=O)N[C@H](Cc1ccccc1)c1nccc2c1[nH]c1ccc(Br)cc12. The molecule has 0 aliphatic carbocycles. The van der Waals surface area contributed by atoms with Crippen molar-refractivity contribution < 1.29 is 9.53 Å². The molecule has 30 heavy (non-hydrogen) atoms. The van der Waals surface area contributed by atoms with Gasteiger partial charge in [-0.15, -0.1) is 0 Å². The average molecular weight is 466 g/mol. The Morgan fingerprint density at radius 1 is 1.13 bits per heavy atom. The molecule has 0 unspecified atom stereocenters. The third-order valence-electron chi connectivity index (χ3n) is 4.82. The third kappa shape index (κ3) is 4.49. The Bertz CT molecular complexity index is 1200. The lowest BCUT2D eigenvalue weighted by atomic mass is 10.0. The van der Waals surface area contributed by atoms with Crippen LogP contribution >= 0.6 is 15.9 Å². The van der Waals surface area contributed by atoms with Crippen LogP contribution in [0.2, 0.25) is 0 Å². The van der Waals surface area contributed by atoms with E-state index in [1.54, 1.807) is 6.20 Å². The van der Waals surface area contributed by atoms with Gasteiger partial charge in [-0.05, 0) is 57.0 Å². The van der Waals surface area contributed by atoms with Gasteiger partial charge in [-0.1, -0.05) is 46.3 Å². The number of H-pyrrole nitrogens is 1. The number of hydrogen-bond donors (Lipinski definition) is 2. The van der Waals surface area contributed by atoms with Crippen molar-refractivity contribution in [2.24, 2.45) is 0 Å². The van der Waals surface area contributed by atoms with E-state index in [0.29, 0.717) is 6.42 Å². The fraction of sp³-hybridized carbons (Fsp3) is 0.250. The number of carbonyl (C=O) groups excluding carboxylic acids is 1. The fourth-order valence-electron chi connectivity index (χ4n) is 3.60. The zero-order valence-corrected chi connectivity index (χ0v) is 18.8. The number of rotatable bonds is 4. The number of aromatic amines is 1. The van der Waals surface area contributed by atoms with E-state index in [-0.39, 0.29) is 6.04 Å². The molecule has 4 rings (SSSR count). The van der Waals surface area contributed by atoms with Crippen LogP contribution in [0.3, 0.4) is 0 Å². The lowest BCUT2D eigenvalue weighted by Gasteiger charge is -2.24. The normalized spacial score (nSPS) is 12.8. The summed E-state index contributed by atoms with van der Waals surface area (Å²) in [6.07, 6.45) is 1.94. The molecule has 6 heteroatoms. The number of alkyl carbamates (subject to hydrolysis) is 1. The van der Waals surface area contributed by atoms with Crippen LogP contribution in [0.5, 0.6) is 0 Å². The molecule has 4 aromatic rings. The van der Waals surface area contributed by atoms with Gasteiger partial charge >= 0.3 is 6.09 Å². The molecule has 0 radical (unpaired) electrons. The molecule has 154 valence electrons. The number of amides is 1. The van der Waals surface area contributed by atoms with Crippen molar-refractivity contribution in [2.75, 3.05) is 0 Å². The van der Waals surface area contributed by atoms with Gasteiger partial charge in [0.15, 0.2) is 0 Å². The van der Waals surface area contributed by atoms with E-state index in [2.05, 4.69) is 37.3 Å².